The van der Waals surface area contributed by atoms with E-state index in [0.717, 1.165) is 23.8 Å². The summed E-state index contributed by atoms with van der Waals surface area (Å²) in [6.45, 7) is 6.12. The second-order valence-corrected chi connectivity index (χ2v) is 3.80. The molecule has 0 saturated carbocycles. The first kappa shape index (κ1) is 14.7. The number of hydrogen-bond acceptors (Lipinski definition) is 3. The van der Waals surface area contributed by atoms with Crippen LogP contribution in [0.5, 0.6) is 0 Å². The van der Waals surface area contributed by atoms with Crippen molar-refractivity contribution in [3.63, 3.8) is 0 Å². The normalized spacial score (nSPS) is 12.1. The third kappa shape index (κ3) is 3.83. The summed E-state index contributed by atoms with van der Waals surface area (Å²) in [6, 6.07) is 1.61. The number of rotatable bonds is 5. The summed E-state index contributed by atoms with van der Waals surface area (Å²) in [7, 11) is 0. The van der Waals surface area contributed by atoms with Gasteiger partial charge in [-0.1, -0.05) is 13.8 Å². The Balaban J connectivity index is 2.85. The van der Waals surface area contributed by atoms with Crippen LogP contribution in [0.4, 0.5) is 13.2 Å². The highest BCUT2D eigenvalue weighted by molar-refractivity contribution is 5.04. The zero-order chi connectivity index (χ0) is 13.8. The molecule has 0 aromatic carbocycles. The monoisotopic (exact) mass is 263 g/mol. The molecule has 0 bridgehead atoms. The molecule has 0 amide bonds. The third-order valence-corrected chi connectivity index (χ3v) is 2.68. The van der Waals surface area contributed by atoms with E-state index in [9.17, 15) is 18.0 Å². The molecule has 102 valence electrons. The van der Waals surface area contributed by atoms with E-state index in [1.54, 1.807) is 0 Å². The van der Waals surface area contributed by atoms with Crippen molar-refractivity contribution in [1.82, 2.24) is 14.7 Å². The molecule has 0 atom stereocenters. The van der Waals surface area contributed by atoms with Crippen LogP contribution < -0.4 is 5.56 Å². The first-order valence-corrected chi connectivity index (χ1v) is 5.76. The summed E-state index contributed by atoms with van der Waals surface area (Å²) in [5, 5.41) is 3.34. The Morgan fingerprint density at radius 1 is 1.28 bits per heavy atom. The Morgan fingerprint density at radius 3 is 2.39 bits per heavy atom. The molecule has 1 aromatic rings. The van der Waals surface area contributed by atoms with E-state index in [1.165, 1.54) is 0 Å². The molecule has 1 aromatic heterocycles. The van der Waals surface area contributed by atoms with Crippen LogP contribution in [0.25, 0.3) is 0 Å². The number of alkyl halides is 3. The molecule has 0 unspecified atom stereocenters. The van der Waals surface area contributed by atoms with Crippen LogP contribution in [0.2, 0.25) is 0 Å². The quantitative estimate of drug-likeness (QED) is 0.810. The van der Waals surface area contributed by atoms with Gasteiger partial charge < -0.3 is 4.90 Å². The van der Waals surface area contributed by atoms with Crippen molar-refractivity contribution in [3.05, 3.63) is 28.2 Å². The van der Waals surface area contributed by atoms with Gasteiger partial charge in [-0.05, 0) is 19.2 Å². The van der Waals surface area contributed by atoms with E-state index >= 15 is 0 Å². The van der Waals surface area contributed by atoms with E-state index in [4.69, 9.17) is 0 Å². The van der Waals surface area contributed by atoms with Gasteiger partial charge in [-0.25, -0.2) is 4.68 Å². The molecule has 7 heteroatoms. The van der Waals surface area contributed by atoms with Crippen molar-refractivity contribution in [3.8, 4) is 0 Å². The molecule has 4 nitrogen and oxygen atoms in total. The Labute approximate surface area is 103 Å². The smallest absolute Gasteiger partial charge is 0.302 e. The summed E-state index contributed by atoms with van der Waals surface area (Å²) in [5.74, 6) is 0. The van der Waals surface area contributed by atoms with Crippen LogP contribution in [0.3, 0.4) is 0 Å². The van der Waals surface area contributed by atoms with Crippen molar-refractivity contribution in [2.75, 3.05) is 19.6 Å². The predicted octanol–water partition coefficient (Wildman–Crippen LogP) is 1.60. The van der Waals surface area contributed by atoms with Crippen LogP contribution >= 0.6 is 0 Å². The topological polar surface area (TPSA) is 38.1 Å². The minimum Gasteiger partial charge on any atom is -0.302 e. The van der Waals surface area contributed by atoms with E-state index in [0.29, 0.717) is 12.6 Å². The van der Waals surface area contributed by atoms with Crippen molar-refractivity contribution >= 4 is 0 Å². The van der Waals surface area contributed by atoms with Gasteiger partial charge in [0.05, 0.1) is 6.54 Å². The van der Waals surface area contributed by atoms with Crippen LogP contribution in [0.1, 0.15) is 19.5 Å². The van der Waals surface area contributed by atoms with Gasteiger partial charge >= 0.3 is 6.18 Å². The Kier molecular flexibility index (Phi) is 4.89. The summed E-state index contributed by atoms with van der Waals surface area (Å²) in [4.78, 5) is 13.4. The molecule has 1 heterocycles. The summed E-state index contributed by atoms with van der Waals surface area (Å²) in [5.41, 5.74) is -1.56. The van der Waals surface area contributed by atoms with Gasteiger partial charge in [0.2, 0.25) is 0 Å². The van der Waals surface area contributed by atoms with Gasteiger partial charge in [-0.15, -0.1) is 0 Å². The van der Waals surface area contributed by atoms with E-state index < -0.39 is 17.4 Å². The molecule has 0 aliphatic heterocycles. The number of halogens is 3. The summed E-state index contributed by atoms with van der Waals surface area (Å²) in [6.07, 6.45) is -4.52. The lowest BCUT2D eigenvalue weighted by Crippen LogP contribution is -2.33. The lowest BCUT2D eigenvalue weighted by atomic mass is 10.4. The van der Waals surface area contributed by atoms with Crippen LogP contribution in [0, 0.1) is 0 Å². The van der Waals surface area contributed by atoms with Gasteiger partial charge in [-0.2, -0.15) is 18.3 Å². The maximum Gasteiger partial charge on any atom is 0.435 e. The highest BCUT2D eigenvalue weighted by Gasteiger charge is 2.33. The van der Waals surface area contributed by atoms with Crippen LogP contribution in [-0.4, -0.2) is 34.3 Å². The SMILES string of the molecule is CCN(CC)CCn1nc(C(F)(F)F)ccc1=O. The minimum atomic E-state index is -4.52. The van der Waals surface area contributed by atoms with Gasteiger partial charge in [-0.3, -0.25) is 4.79 Å². The first-order valence-electron chi connectivity index (χ1n) is 5.76. The first-order chi connectivity index (χ1) is 8.38. The highest BCUT2D eigenvalue weighted by Crippen LogP contribution is 2.26. The van der Waals surface area contributed by atoms with E-state index in [-0.39, 0.29) is 6.54 Å². The molecular weight excluding hydrogens is 247 g/mol. The van der Waals surface area contributed by atoms with Gasteiger partial charge in [0, 0.05) is 12.6 Å². The summed E-state index contributed by atoms with van der Waals surface area (Å²) < 4.78 is 38.2. The zero-order valence-corrected chi connectivity index (χ0v) is 10.4. The molecule has 0 fully saturated rings. The third-order valence-electron chi connectivity index (χ3n) is 2.68. The largest absolute Gasteiger partial charge is 0.435 e. The fraction of sp³-hybridized carbons (Fsp3) is 0.636. The lowest BCUT2D eigenvalue weighted by molar-refractivity contribution is -0.142. The molecule has 18 heavy (non-hydrogen) atoms. The molecule has 0 aliphatic carbocycles. The Hall–Kier alpha value is -1.37. The van der Waals surface area contributed by atoms with Gasteiger partial charge in [0.15, 0.2) is 5.69 Å². The molecule has 0 N–H and O–H groups in total. The maximum atomic E-state index is 12.4. The summed E-state index contributed by atoms with van der Waals surface area (Å²) >= 11 is 0. The van der Waals surface area contributed by atoms with Crippen LogP contribution in [0.15, 0.2) is 16.9 Å². The standard InChI is InChI=1S/C11H16F3N3O/c1-3-16(4-2)7-8-17-10(18)6-5-9(15-17)11(12,13)14/h5-6H,3-4,7-8H2,1-2H3. The number of nitrogens with zero attached hydrogens (tertiary/aromatic N) is 3. The van der Waals surface area contributed by atoms with E-state index in [1.807, 2.05) is 18.7 Å². The van der Waals surface area contributed by atoms with Crippen molar-refractivity contribution < 1.29 is 13.2 Å². The highest BCUT2D eigenvalue weighted by atomic mass is 19.4. The predicted molar refractivity (Wildman–Crippen MR) is 61.3 cm³/mol. The molecule has 0 saturated heterocycles. The van der Waals surface area contributed by atoms with Crippen molar-refractivity contribution in [2.45, 2.75) is 26.6 Å². The molecular formula is C11H16F3N3O. The lowest BCUT2D eigenvalue weighted by Gasteiger charge is -2.18. The van der Waals surface area contributed by atoms with E-state index in [2.05, 4.69) is 5.10 Å². The molecule has 1 rings (SSSR count). The minimum absolute atomic E-state index is 0.157. The maximum absolute atomic E-state index is 12.4. The molecule has 0 aliphatic rings. The Morgan fingerprint density at radius 2 is 1.89 bits per heavy atom. The van der Waals surface area contributed by atoms with Gasteiger partial charge in [0.1, 0.15) is 0 Å². The number of likely N-dealkylation sites (N-methyl/N-ethyl adjacent to an activating group) is 1. The average molecular weight is 263 g/mol. The fourth-order valence-corrected chi connectivity index (χ4v) is 1.54. The fourth-order valence-electron chi connectivity index (χ4n) is 1.54. The second kappa shape index (κ2) is 5.99. The molecule has 0 radical (unpaired) electrons. The molecule has 0 spiro atoms. The van der Waals surface area contributed by atoms with Crippen molar-refractivity contribution in [2.24, 2.45) is 0 Å². The zero-order valence-electron chi connectivity index (χ0n) is 10.4. The number of hydrogen-bond donors (Lipinski definition) is 0. The average Bonchev–Trinajstić information content (AvgIpc) is 2.31. The van der Waals surface area contributed by atoms with Gasteiger partial charge in [0.25, 0.3) is 5.56 Å². The number of aromatic nitrogens is 2. The van der Waals surface area contributed by atoms with Crippen molar-refractivity contribution in [1.29, 1.82) is 0 Å². The van der Waals surface area contributed by atoms with Crippen LogP contribution in [-0.2, 0) is 12.7 Å². The Bertz CT molecular complexity index is 438. The second-order valence-electron chi connectivity index (χ2n) is 3.80.